The summed E-state index contributed by atoms with van der Waals surface area (Å²) in [5.41, 5.74) is 0.617. The molecule has 0 unspecified atom stereocenters. The van der Waals surface area contributed by atoms with Crippen LogP contribution in [0.2, 0.25) is 0 Å². The number of methoxy groups -OCH3 is 1. The smallest absolute Gasteiger partial charge is 0.257 e. The van der Waals surface area contributed by atoms with E-state index >= 15 is 0 Å². The highest BCUT2D eigenvalue weighted by Gasteiger charge is 2.23. The number of fused-ring (bicyclic) bond motifs is 1. The number of hydrogen-bond donors (Lipinski definition) is 0. The number of aryl methyl sites for hydroxylation is 1. The zero-order valence-electron chi connectivity index (χ0n) is 13.0. The first-order chi connectivity index (χ1) is 10.7. The predicted molar refractivity (Wildman–Crippen MR) is 84.0 cm³/mol. The Kier molecular flexibility index (Phi) is 4.13. The minimum atomic E-state index is 0.00822. The molecule has 2 heterocycles. The van der Waals surface area contributed by atoms with Gasteiger partial charge in [-0.2, -0.15) is 0 Å². The Labute approximate surface area is 130 Å². The van der Waals surface area contributed by atoms with E-state index in [-0.39, 0.29) is 5.91 Å². The Morgan fingerprint density at radius 1 is 1.45 bits per heavy atom. The van der Waals surface area contributed by atoms with Crippen LogP contribution in [0, 0.1) is 5.92 Å². The summed E-state index contributed by atoms with van der Waals surface area (Å²) >= 11 is 0. The fourth-order valence-electron chi connectivity index (χ4n) is 3.08. The van der Waals surface area contributed by atoms with Crippen molar-refractivity contribution >= 4 is 5.91 Å². The van der Waals surface area contributed by atoms with E-state index in [4.69, 9.17) is 4.74 Å². The molecular formula is C17H21N3O2. The van der Waals surface area contributed by atoms with Gasteiger partial charge >= 0.3 is 0 Å². The van der Waals surface area contributed by atoms with Crippen LogP contribution in [-0.2, 0) is 13.0 Å². The molecule has 5 heteroatoms. The van der Waals surface area contributed by atoms with Gasteiger partial charge in [0.15, 0.2) is 0 Å². The van der Waals surface area contributed by atoms with Gasteiger partial charge in [-0.05, 0) is 24.5 Å². The summed E-state index contributed by atoms with van der Waals surface area (Å²) in [6, 6.07) is 7.37. The van der Waals surface area contributed by atoms with E-state index in [9.17, 15) is 4.79 Å². The van der Waals surface area contributed by atoms with Crippen molar-refractivity contribution in [2.45, 2.75) is 19.4 Å². The van der Waals surface area contributed by atoms with Crippen LogP contribution in [0.15, 0.2) is 36.7 Å². The summed E-state index contributed by atoms with van der Waals surface area (Å²) < 4.78 is 7.47. The van der Waals surface area contributed by atoms with E-state index in [0.717, 1.165) is 31.8 Å². The van der Waals surface area contributed by atoms with Gasteiger partial charge in [0.05, 0.1) is 12.7 Å². The summed E-state index contributed by atoms with van der Waals surface area (Å²) in [5.74, 6) is 2.24. The van der Waals surface area contributed by atoms with E-state index in [1.807, 2.05) is 43.7 Å². The van der Waals surface area contributed by atoms with Crippen LogP contribution in [0.25, 0.3) is 0 Å². The highest BCUT2D eigenvalue weighted by molar-refractivity contribution is 5.96. The predicted octanol–water partition coefficient (Wildman–Crippen LogP) is 2.23. The minimum Gasteiger partial charge on any atom is -0.496 e. The Morgan fingerprint density at radius 2 is 2.27 bits per heavy atom. The largest absolute Gasteiger partial charge is 0.496 e. The van der Waals surface area contributed by atoms with Crippen molar-refractivity contribution in [1.82, 2.24) is 14.5 Å². The maximum atomic E-state index is 12.6. The summed E-state index contributed by atoms with van der Waals surface area (Å²) in [6.07, 6.45) is 5.92. The van der Waals surface area contributed by atoms with Gasteiger partial charge in [0.1, 0.15) is 11.6 Å². The quantitative estimate of drug-likeness (QED) is 0.870. The number of nitrogens with zero attached hydrogens (tertiary/aromatic N) is 3. The number of imidazole rings is 1. The molecule has 0 fully saturated rings. The van der Waals surface area contributed by atoms with Crippen LogP contribution >= 0.6 is 0 Å². The van der Waals surface area contributed by atoms with Gasteiger partial charge in [0, 0.05) is 39.0 Å². The normalized spacial score (nSPS) is 16.9. The van der Waals surface area contributed by atoms with Gasteiger partial charge in [-0.15, -0.1) is 0 Å². The van der Waals surface area contributed by atoms with E-state index < -0.39 is 0 Å². The molecule has 2 aromatic rings. The molecule has 0 N–H and O–H groups in total. The standard InChI is InChI=1S/C17H21N3O2/c1-19(17(21)14-5-3-4-6-15(14)22-2)11-13-7-8-16-18-9-10-20(16)12-13/h3-6,9-10,13H,7-8,11-12H2,1-2H3/t13-/m1/s1. The number of amides is 1. The lowest BCUT2D eigenvalue weighted by atomic mass is 9.98. The third-order valence-electron chi connectivity index (χ3n) is 4.25. The molecule has 1 aliphatic heterocycles. The van der Waals surface area contributed by atoms with Crippen LogP contribution in [0.1, 0.15) is 22.6 Å². The number of para-hydroxylation sites is 1. The molecule has 1 atom stereocenters. The molecule has 22 heavy (non-hydrogen) atoms. The second kappa shape index (κ2) is 6.22. The number of rotatable bonds is 4. The number of benzene rings is 1. The van der Waals surface area contributed by atoms with Gasteiger partial charge in [-0.25, -0.2) is 4.98 Å². The van der Waals surface area contributed by atoms with Crippen molar-refractivity contribution in [2.75, 3.05) is 20.7 Å². The number of carbonyl (C=O) groups excluding carboxylic acids is 1. The van der Waals surface area contributed by atoms with Crippen LogP contribution in [0.4, 0.5) is 0 Å². The van der Waals surface area contributed by atoms with Crippen molar-refractivity contribution in [3.63, 3.8) is 0 Å². The molecule has 1 aromatic heterocycles. The van der Waals surface area contributed by atoms with E-state index in [1.165, 1.54) is 0 Å². The lowest BCUT2D eigenvalue weighted by Crippen LogP contribution is -2.35. The third-order valence-corrected chi connectivity index (χ3v) is 4.25. The first-order valence-corrected chi connectivity index (χ1v) is 7.57. The lowest BCUT2D eigenvalue weighted by molar-refractivity contribution is 0.0757. The van der Waals surface area contributed by atoms with E-state index in [1.54, 1.807) is 12.0 Å². The van der Waals surface area contributed by atoms with Crippen LogP contribution in [-0.4, -0.2) is 41.1 Å². The molecule has 0 aliphatic carbocycles. The van der Waals surface area contributed by atoms with Gasteiger partial charge < -0.3 is 14.2 Å². The average Bonchev–Trinajstić information content (AvgIpc) is 3.01. The topological polar surface area (TPSA) is 47.4 Å². The number of hydrogen-bond acceptors (Lipinski definition) is 3. The van der Waals surface area contributed by atoms with Crippen molar-refractivity contribution in [3.05, 3.63) is 48.0 Å². The molecule has 0 saturated heterocycles. The monoisotopic (exact) mass is 299 g/mol. The molecule has 1 aliphatic rings. The summed E-state index contributed by atoms with van der Waals surface area (Å²) in [6.45, 7) is 1.67. The number of ether oxygens (including phenoxy) is 1. The molecule has 5 nitrogen and oxygen atoms in total. The van der Waals surface area contributed by atoms with Crippen molar-refractivity contribution in [1.29, 1.82) is 0 Å². The molecule has 0 saturated carbocycles. The Bertz CT molecular complexity index is 665. The fraction of sp³-hybridized carbons (Fsp3) is 0.412. The lowest BCUT2D eigenvalue weighted by Gasteiger charge is -2.28. The second-order valence-corrected chi connectivity index (χ2v) is 5.79. The summed E-state index contributed by atoms with van der Waals surface area (Å²) in [5, 5.41) is 0. The highest BCUT2D eigenvalue weighted by atomic mass is 16.5. The van der Waals surface area contributed by atoms with Crippen LogP contribution < -0.4 is 4.74 Å². The first-order valence-electron chi connectivity index (χ1n) is 7.57. The van der Waals surface area contributed by atoms with Gasteiger partial charge in [-0.1, -0.05) is 12.1 Å². The molecular weight excluding hydrogens is 278 g/mol. The first kappa shape index (κ1) is 14.6. The molecule has 0 spiro atoms. The Balaban J connectivity index is 1.67. The molecule has 0 bridgehead atoms. The molecule has 116 valence electrons. The number of aromatic nitrogens is 2. The second-order valence-electron chi connectivity index (χ2n) is 5.79. The third kappa shape index (κ3) is 2.84. The van der Waals surface area contributed by atoms with Crippen molar-refractivity contribution < 1.29 is 9.53 Å². The minimum absolute atomic E-state index is 0.00822. The zero-order chi connectivity index (χ0) is 15.5. The SMILES string of the molecule is COc1ccccc1C(=O)N(C)C[C@H]1CCc2nccn2C1. The van der Waals surface area contributed by atoms with Gasteiger partial charge in [0.2, 0.25) is 0 Å². The maximum absolute atomic E-state index is 12.6. The highest BCUT2D eigenvalue weighted by Crippen LogP contribution is 2.22. The molecule has 0 radical (unpaired) electrons. The van der Waals surface area contributed by atoms with Gasteiger partial charge in [0.25, 0.3) is 5.91 Å². The Morgan fingerprint density at radius 3 is 3.09 bits per heavy atom. The molecule has 1 amide bonds. The fourth-order valence-corrected chi connectivity index (χ4v) is 3.08. The van der Waals surface area contributed by atoms with E-state index in [2.05, 4.69) is 9.55 Å². The average molecular weight is 299 g/mol. The summed E-state index contributed by atoms with van der Waals surface area (Å²) in [7, 11) is 3.45. The van der Waals surface area contributed by atoms with E-state index in [0.29, 0.717) is 17.2 Å². The van der Waals surface area contributed by atoms with Crippen LogP contribution in [0.5, 0.6) is 5.75 Å². The maximum Gasteiger partial charge on any atom is 0.257 e. The molecule has 3 rings (SSSR count). The zero-order valence-corrected chi connectivity index (χ0v) is 13.0. The van der Waals surface area contributed by atoms with Gasteiger partial charge in [-0.3, -0.25) is 4.79 Å². The number of carbonyl (C=O) groups is 1. The molecule has 1 aromatic carbocycles. The summed E-state index contributed by atoms with van der Waals surface area (Å²) in [4.78, 5) is 18.8. The van der Waals surface area contributed by atoms with Crippen molar-refractivity contribution in [3.8, 4) is 5.75 Å². The Hall–Kier alpha value is -2.30. The van der Waals surface area contributed by atoms with Crippen molar-refractivity contribution in [2.24, 2.45) is 5.92 Å². The van der Waals surface area contributed by atoms with Crippen LogP contribution in [0.3, 0.4) is 0 Å².